The monoisotopic (exact) mass is 357 g/mol. The molecule has 23 heavy (non-hydrogen) atoms. The van der Waals surface area contributed by atoms with Gasteiger partial charge in [-0.25, -0.2) is 0 Å². The van der Waals surface area contributed by atoms with E-state index in [9.17, 15) is 14.4 Å². The van der Waals surface area contributed by atoms with E-state index in [0.29, 0.717) is 24.1 Å². The number of Topliss-reactive ketones (excluding diaryl/α,β-unsaturated/α-hetero) is 1. The quantitative estimate of drug-likeness (QED) is 0.481. The molecule has 5 nitrogen and oxygen atoms in total. The molecule has 0 saturated heterocycles. The number of hydrogen-bond acceptors (Lipinski definition) is 4. The van der Waals surface area contributed by atoms with Crippen molar-refractivity contribution in [2.24, 2.45) is 5.41 Å². The molecule has 1 aliphatic carbocycles. The van der Waals surface area contributed by atoms with E-state index in [4.69, 9.17) is 27.9 Å². The molecule has 1 fully saturated rings. The number of rotatable bonds is 6. The molecule has 0 bridgehead atoms. The molecule has 124 valence electrons. The zero-order valence-electron chi connectivity index (χ0n) is 12.8. The van der Waals surface area contributed by atoms with Crippen LogP contribution < -0.4 is 5.32 Å². The molecule has 0 spiro atoms. The molecule has 1 aromatic rings. The Morgan fingerprint density at radius 1 is 1.22 bits per heavy atom. The van der Waals surface area contributed by atoms with Crippen LogP contribution in [0, 0.1) is 5.41 Å². The normalized spacial score (nSPS) is 21.4. The number of esters is 1. The summed E-state index contributed by atoms with van der Waals surface area (Å²) in [6.07, 6.45) is 0.681. The second kappa shape index (κ2) is 6.49. The van der Waals surface area contributed by atoms with Gasteiger partial charge in [0.15, 0.2) is 12.4 Å². The van der Waals surface area contributed by atoms with Gasteiger partial charge in [-0.1, -0.05) is 6.92 Å². The van der Waals surface area contributed by atoms with Crippen molar-refractivity contribution in [3.05, 3.63) is 29.8 Å². The highest BCUT2D eigenvalue weighted by molar-refractivity contribution is 6.53. The Morgan fingerprint density at radius 2 is 1.78 bits per heavy atom. The van der Waals surface area contributed by atoms with Gasteiger partial charge in [0.25, 0.3) is 0 Å². The Hall–Kier alpha value is -1.59. The predicted octanol–water partition coefficient (Wildman–Crippen LogP) is 3.34. The first-order chi connectivity index (χ1) is 10.7. The number of carbonyl (C=O) groups excluding carboxylic acids is 3. The van der Waals surface area contributed by atoms with Crippen LogP contribution in [0.1, 0.15) is 37.0 Å². The van der Waals surface area contributed by atoms with Gasteiger partial charge in [-0.15, -0.1) is 23.2 Å². The smallest absolute Gasteiger partial charge is 0.315 e. The maximum absolute atomic E-state index is 12.0. The summed E-state index contributed by atoms with van der Waals surface area (Å²) in [6, 6.07) is 6.36. The Labute approximate surface area is 144 Å². The summed E-state index contributed by atoms with van der Waals surface area (Å²) in [5.74, 6) is -1.03. The number of halogens is 2. The molecule has 2 rings (SSSR count). The zero-order valence-corrected chi connectivity index (χ0v) is 14.3. The molecule has 1 aliphatic rings. The number of hydrogen-bond donors (Lipinski definition) is 1. The van der Waals surface area contributed by atoms with E-state index < -0.39 is 15.7 Å². The van der Waals surface area contributed by atoms with Gasteiger partial charge in [0.05, 0.1) is 0 Å². The van der Waals surface area contributed by atoms with Crippen LogP contribution in [-0.4, -0.2) is 28.6 Å². The molecule has 1 aromatic carbocycles. The fourth-order valence-electron chi connectivity index (χ4n) is 1.98. The highest BCUT2D eigenvalue weighted by Crippen LogP contribution is 2.64. The lowest BCUT2D eigenvalue weighted by Crippen LogP contribution is -2.24. The number of benzene rings is 1. The summed E-state index contributed by atoms with van der Waals surface area (Å²) >= 11 is 11.8. The van der Waals surface area contributed by atoms with E-state index in [1.807, 2.05) is 0 Å². The summed E-state index contributed by atoms with van der Waals surface area (Å²) < 4.78 is 3.89. The third-order valence-electron chi connectivity index (χ3n) is 3.85. The minimum atomic E-state index is -1.12. The molecule has 0 heterocycles. The van der Waals surface area contributed by atoms with Gasteiger partial charge in [0, 0.05) is 24.1 Å². The summed E-state index contributed by atoms with van der Waals surface area (Å²) in [4.78, 5) is 35.2. The summed E-state index contributed by atoms with van der Waals surface area (Å²) in [5.41, 5.74) is 0.0335. The first-order valence-electron chi connectivity index (χ1n) is 7.18. The minimum Gasteiger partial charge on any atom is -0.457 e. The fraction of sp³-hybridized carbons (Fsp3) is 0.438. The van der Waals surface area contributed by atoms with Crippen LogP contribution in [0.25, 0.3) is 0 Å². The van der Waals surface area contributed by atoms with Gasteiger partial charge in [-0.2, -0.15) is 0 Å². The van der Waals surface area contributed by atoms with Gasteiger partial charge in [0.1, 0.15) is 9.75 Å². The summed E-state index contributed by atoms with van der Waals surface area (Å²) in [7, 11) is 0. The number of nitrogens with one attached hydrogen (secondary N) is 1. The topological polar surface area (TPSA) is 72.5 Å². The molecule has 0 unspecified atom stereocenters. The summed E-state index contributed by atoms with van der Waals surface area (Å²) in [6.45, 7) is 2.97. The van der Waals surface area contributed by atoms with E-state index in [1.54, 1.807) is 38.1 Å². The molecule has 1 saturated carbocycles. The molecule has 0 radical (unpaired) electrons. The number of ether oxygens (including phenoxy) is 1. The van der Waals surface area contributed by atoms with E-state index in [-0.39, 0.29) is 18.3 Å². The van der Waals surface area contributed by atoms with Crippen molar-refractivity contribution in [1.29, 1.82) is 0 Å². The average molecular weight is 358 g/mol. The Bertz CT molecular complexity index is 642. The third-order valence-corrected chi connectivity index (χ3v) is 4.96. The van der Waals surface area contributed by atoms with Gasteiger partial charge in [-0.3, -0.25) is 14.4 Å². The molecule has 1 N–H and O–H groups in total. The molecule has 1 amide bonds. The van der Waals surface area contributed by atoms with Crippen LogP contribution in [0.4, 0.5) is 5.69 Å². The lowest BCUT2D eigenvalue weighted by molar-refractivity contribution is -0.148. The van der Waals surface area contributed by atoms with Crippen molar-refractivity contribution in [1.82, 2.24) is 0 Å². The number of alkyl halides is 2. The van der Waals surface area contributed by atoms with Crippen molar-refractivity contribution in [2.45, 2.75) is 31.0 Å². The van der Waals surface area contributed by atoms with Crippen LogP contribution in [0.15, 0.2) is 24.3 Å². The van der Waals surface area contributed by atoms with Crippen LogP contribution in [0.2, 0.25) is 0 Å². The average Bonchev–Trinajstić information content (AvgIpc) is 3.04. The second-order valence-electron chi connectivity index (χ2n) is 5.69. The summed E-state index contributed by atoms with van der Waals surface area (Å²) in [5, 5.41) is 2.68. The van der Waals surface area contributed by atoms with Gasteiger partial charge < -0.3 is 10.1 Å². The van der Waals surface area contributed by atoms with Crippen molar-refractivity contribution in [2.75, 3.05) is 11.9 Å². The van der Waals surface area contributed by atoms with Crippen LogP contribution in [0.5, 0.6) is 0 Å². The largest absolute Gasteiger partial charge is 0.457 e. The molecular weight excluding hydrogens is 341 g/mol. The Kier molecular flexibility index (Phi) is 5.01. The van der Waals surface area contributed by atoms with Crippen molar-refractivity contribution in [3.8, 4) is 0 Å². The van der Waals surface area contributed by atoms with Gasteiger partial charge in [-0.05, 0) is 31.2 Å². The number of anilines is 1. The van der Waals surface area contributed by atoms with E-state index >= 15 is 0 Å². The Morgan fingerprint density at radius 3 is 2.26 bits per heavy atom. The highest BCUT2D eigenvalue weighted by Gasteiger charge is 2.69. The number of carbonyl (C=O) groups is 3. The maximum atomic E-state index is 12.0. The molecular formula is C16H17Cl2NO4. The minimum absolute atomic E-state index is 0.110. The molecule has 0 aliphatic heterocycles. The zero-order chi connectivity index (χ0) is 17.3. The lowest BCUT2D eigenvalue weighted by Gasteiger charge is -2.11. The molecule has 0 aromatic heterocycles. The first-order valence-corrected chi connectivity index (χ1v) is 7.93. The number of amides is 1. The van der Waals surface area contributed by atoms with Crippen molar-refractivity contribution >= 4 is 46.5 Å². The van der Waals surface area contributed by atoms with Crippen molar-refractivity contribution in [3.63, 3.8) is 0 Å². The predicted molar refractivity (Wildman–Crippen MR) is 87.8 cm³/mol. The van der Waals surface area contributed by atoms with E-state index in [2.05, 4.69) is 5.32 Å². The van der Waals surface area contributed by atoms with Crippen LogP contribution in [-0.2, 0) is 14.3 Å². The Balaban J connectivity index is 1.89. The van der Waals surface area contributed by atoms with Gasteiger partial charge >= 0.3 is 5.97 Å². The number of ketones is 1. The maximum Gasteiger partial charge on any atom is 0.315 e. The van der Waals surface area contributed by atoms with E-state index in [1.165, 1.54) is 0 Å². The van der Waals surface area contributed by atoms with Crippen LogP contribution >= 0.6 is 23.2 Å². The SMILES string of the molecule is CCC(=O)Nc1ccc(C(=O)COC(=O)[C@@]2(C)CC2(Cl)Cl)cc1. The van der Waals surface area contributed by atoms with E-state index in [0.717, 1.165) is 0 Å². The van der Waals surface area contributed by atoms with Crippen LogP contribution in [0.3, 0.4) is 0 Å². The third kappa shape index (κ3) is 3.85. The lowest BCUT2D eigenvalue weighted by atomic mass is 10.1. The standard InChI is InChI=1S/C16H17Cl2NO4/c1-3-13(21)19-11-6-4-10(5-7-11)12(20)8-23-14(22)15(2)9-16(15,17)18/h4-7H,3,8-9H2,1-2H3,(H,19,21)/t15-/m1/s1. The second-order valence-corrected chi connectivity index (χ2v) is 7.18. The molecule has 7 heteroatoms. The molecule has 1 atom stereocenters. The first kappa shape index (κ1) is 17.8. The van der Waals surface area contributed by atoms with Crippen molar-refractivity contribution < 1.29 is 19.1 Å². The fourth-order valence-corrected chi connectivity index (χ4v) is 2.67. The van der Waals surface area contributed by atoms with Gasteiger partial charge in [0.2, 0.25) is 5.91 Å². The highest BCUT2D eigenvalue weighted by atomic mass is 35.5.